The van der Waals surface area contributed by atoms with E-state index in [0.29, 0.717) is 0 Å². The van der Waals surface area contributed by atoms with Gasteiger partial charge in [0.25, 0.3) is 0 Å². The molecule has 16 rings (SSSR count). The molecule has 2 aliphatic rings. The van der Waals surface area contributed by atoms with Gasteiger partial charge in [0.2, 0.25) is 0 Å². The summed E-state index contributed by atoms with van der Waals surface area (Å²) < 4.78 is 0. The van der Waals surface area contributed by atoms with E-state index in [1.807, 2.05) is 0 Å². The van der Waals surface area contributed by atoms with Crippen LogP contribution in [0.25, 0.3) is 77.5 Å². The van der Waals surface area contributed by atoms with Crippen LogP contribution in [0.15, 0.2) is 346 Å². The summed E-state index contributed by atoms with van der Waals surface area (Å²) in [5, 5.41) is 2.50. The fourth-order valence-electron chi connectivity index (χ4n) is 14.5. The third-order valence-corrected chi connectivity index (χ3v) is 18.2. The SMILES string of the molecule is c1ccc(C2(c3ccccc3)c3ccccc3-c3ccc(N(c4ccc(-c5cccc(-c6cccc(-c7ccc8ccccc8c7)c6)c5)cc4)c4ccc(-c5cccc6c5-c5ccccc5C6(c5ccccc5)c5ccccc5)cc4)cc32)cc1. The highest BCUT2D eigenvalue weighted by molar-refractivity contribution is 5.97. The van der Waals surface area contributed by atoms with Gasteiger partial charge in [0, 0.05) is 17.1 Å². The summed E-state index contributed by atoms with van der Waals surface area (Å²) in [5.41, 5.74) is 26.9. The summed E-state index contributed by atoms with van der Waals surface area (Å²) in [4.78, 5) is 2.45. The van der Waals surface area contributed by atoms with Crippen LogP contribution in [0, 0.1) is 0 Å². The normalized spacial score (nSPS) is 13.1. The maximum atomic E-state index is 2.47. The first-order chi connectivity index (χ1) is 42.1. The minimum atomic E-state index is -0.553. The predicted molar refractivity (Wildman–Crippen MR) is 355 cm³/mol. The van der Waals surface area contributed by atoms with Crippen molar-refractivity contribution in [3.8, 4) is 66.8 Å². The Bertz CT molecular complexity index is 4720. The number of nitrogens with zero attached hydrogens (tertiary/aromatic N) is 1. The number of fused-ring (bicyclic) bond motifs is 7. The summed E-state index contributed by atoms with van der Waals surface area (Å²) in [6.07, 6.45) is 0. The minimum absolute atomic E-state index is 0.486. The number of rotatable bonds is 11. The predicted octanol–water partition coefficient (Wildman–Crippen LogP) is 21.7. The number of hydrogen-bond donors (Lipinski definition) is 0. The van der Waals surface area contributed by atoms with Crippen LogP contribution in [-0.2, 0) is 10.8 Å². The molecule has 14 aromatic rings. The Morgan fingerprint density at radius 3 is 1.13 bits per heavy atom. The number of benzene rings is 14. The van der Waals surface area contributed by atoms with Crippen molar-refractivity contribution in [3.63, 3.8) is 0 Å². The van der Waals surface area contributed by atoms with E-state index < -0.39 is 10.8 Å². The zero-order chi connectivity index (χ0) is 56.3. The van der Waals surface area contributed by atoms with Crippen LogP contribution in [0.2, 0.25) is 0 Å². The standard InChI is InChI=1S/C84H57N/c1-5-28-67(29-6-1)83(68-30-7-2-8-31-68)79-40-18-16-37-77(79)82-74(38-21-41-80(82)83)60-46-50-72(51-47-60)85(73-52-53-76-75-36-15-17-39-78(75)84(81(76)57-73,69-32-9-3-10-33-69)70-34-11-4-12-35-70)71-48-44-59(45-49-71)62-24-19-25-63(54-62)64-26-20-27-65(56-64)66-43-42-58-22-13-14-23-61(58)55-66/h1-57H. The highest BCUT2D eigenvalue weighted by Gasteiger charge is 2.48. The molecule has 0 radical (unpaired) electrons. The van der Waals surface area contributed by atoms with Crippen molar-refractivity contribution in [2.24, 2.45) is 0 Å². The molecule has 85 heavy (non-hydrogen) atoms. The molecule has 0 unspecified atom stereocenters. The Morgan fingerprint density at radius 1 is 0.188 bits per heavy atom. The topological polar surface area (TPSA) is 3.24 Å². The molecule has 0 aromatic heterocycles. The van der Waals surface area contributed by atoms with E-state index in [2.05, 4.69) is 351 Å². The monoisotopic (exact) mass is 1080 g/mol. The molecule has 0 amide bonds. The van der Waals surface area contributed by atoms with Crippen molar-refractivity contribution < 1.29 is 0 Å². The van der Waals surface area contributed by atoms with E-state index in [1.165, 1.54) is 116 Å². The Kier molecular flexibility index (Phi) is 12.1. The first kappa shape index (κ1) is 49.9. The van der Waals surface area contributed by atoms with Gasteiger partial charge in [-0.25, -0.2) is 0 Å². The van der Waals surface area contributed by atoms with Crippen LogP contribution < -0.4 is 4.90 Å². The molecular formula is C84H57N. The maximum absolute atomic E-state index is 2.47. The van der Waals surface area contributed by atoms with Gasteiger partial charge >= 0.3 is 0 Å². The molecule has 0 spiro atoms. The Labute approximate surface area is 497 Å². The maximum Gasteiger partial charge on any atom is 0.0714 e. The lowest BCUT2D eigenvalue weighted by atomic mass is 9.67. The Hall–Kier alpha value is -10.9. The van der Waals surface area contributed by atoms with Gasteiger partial charge in [-0.15, -0.1) is 0 Å². The highest BCUT2D eigenvalue weighted by Crippen LogP contribution is 2.60. The average molecular weight is 1080 g/mol. The molecule has 0 saturated heterocycles. The van der Waals surface area contributed by atoms with Gasteiger partial charge < -0.3 is 4.90 Å². The molecule has 0 saturated carbocycles. The third-order valence-electron chi connectivity index (χ3n) is 18.2. The molecule has 2 aliphatic carbocycles. The lowest BCUT2D eigenvalue weighted by Gasteiger charge is -2.35. The van der Waals surface area contributed by atoms with E-state index in [-0.39, 0.29) is 0 Å². The molecule has 0 heterocycles. The fourth-order valence-corrected chi connectivity index (χ4v) is 14.5. The smallest absolute Gasteiger partial charge is 0.0714 e. The van der Waals surface area contributed by atoms with Crippen LogP contribution in [0.1, 0.15) is 44.5 Å². The Balaban J connectivity index is 0.830. The number of anilines is 3. The lowest BCUT2D eigenvalue weighted by molar-refractivity contribution is 0.768. The van der Waals surface area contributed by atoms with Crippen molar-refractivity contribution in [2.45, 2.75) is 10.8 Å². The average Bonchev–Trinajstić information content (AvgIpc) is 1.95. The lowest BCUT2D eigenvalue weighted by Crippen LogP contribution is -2.28. The van der Waals surface area contributed by atoms with Gasteiger partial charge in [-0.05, 0) is 177 Å². The van der Waals surface area contributed by atoms with E-state index >= 15 is 0 Å². The van der Waals surface area contributed by atoms with Gasteiger partial charge in [-0.3, -0.25) is 0 Å². The Morgan fingerprint density at radius 2 is 0.565 bits per heavy atom. The molecule has 0 bridgehead atoms. The van der Waals surface area contributed by atoms with Crippen molar-refractivity contribution >= 4 is 27.8 Å². The van der Waals surface area contributed by atoms with Crippen LogP contribution in [0.5, 0.6) is 0 Å². The van der Waals surface area contributed by atoms with Gasteiger partial charge in [0.1, 0.15) is 0 Å². The molecule has 0 atom stereocenters. The zero-order valence-electron chi connectivity index (χ0n) is 46.9. The molecular weight excluding hydrogens is 1020 g/mol. The molecule has 0 N–H and O–H groups in total. The second-order valence-corrected chi connectivity index (χ2v) is 22.7. The third kappa shape index (κ3) is 8.07. The van der Waals surface area contributed by atoms with Crippen molar-refractivity contribution in [2.75, 3.05) is 4.90 Å². The zero-order valence-corrected chi connectivity index (χ0v) is 46.9. The quantitative estimate of drug-likeness (QED) is 0.125. The summed E-state index contributed by atoms with van der Waals surface area (Å²) in [6, 6.07) is 128. The van der Waals surface area contributed by atoms with Crippen molar-refractivity contribution in [1.82, 2.24) is 0 Å². The van der Waals surface area contributed by atoms with Crippen LogP contribution >= 0.6 is 0 Å². The minimum Gasteiger partial charge on any atom is -0.310 e. The summed E-state index contributed by atoms with van der Waals surface area (Å²) in [6.45, 7) is 0. The van der Waals surface area contributed by atoms with E-state index in [1.54, 1.807) is 0 Å². The van der Waals surface area contributed by atoms with Gasteiger partial charge in [0.15, 0.2) is 0 Å². The van der Waals surface area contributed by atoms with Crippen molar-refractivity contribution in [3.05, 3.63) is 390 Å². The van der Waals surface area contributed by atoms with Crippen LogP contribution in [0.3, 0.4) is 0 Å². The second-order valence-electron chi connectivity index (χ2n) is 22.7. The molecule has 0 aliphatic heterocycles. The summed E-state index contributed by atoms with van der Waals surface area (Å²) in [7, 11) is 0. The van der Waals surface area contributed by atoms with E-state index in [9.17, 15) is 0 Å². The second kappa shape index (κ2) is 20.5. The van der Waals surface area contributed by atoms with Crippen LogP contribution in [-0.4, -0.2) is 0 Å². The molecule has 1 heteroatoms. The van der Waals surface area contributed by atoms with Gasteiger partial charge in [0.05, 0.1) is 10.8 Å². The molecule has 14 aromatic carbocycles. The van der Waals surface area contributed by atoms with Crippen LogP contribution in [0.4, 0.5) is 17.1 Å². The van der Waals surface area contributed by atoms with Crippen molar-refractivity contribution in [1.29, 1.82) is 0 Å². The first-order valence-corrected chi connectivity index (χ1v) is 29.6. The largest absolute Gasteiger partial charge is 0.310 e. The van der Waals surface area contributed by atoms with Gasteiger partial charge in [-0.2, -0.15) is 0 Å². The number of hydrogen-bond acceptors (Lipinski definition) is 1. The fraction of sp³-hybridized carbons (Fsp3) is 0.0238. The van der Waals surface area contributed by atoms with E-state index in [0.717, 1.165) is 22.6 Å². The first-order valence-electron chi connectivity index (χ1n) is 29.6. The molecule has 1 nitrogen and oxygen atoms in total. The highest BCUT2D eigenvalue weighted by atomic mass is 15.1. The van der Waals surface area contributed by atoms with E-state index in [4.69, 9.17) is 0 Å². The summed E-state index contributed by atoms with van der Waals surface area (Å²) >= 11 is 0. The van der Waals surface area contributed by atoms with Gasteiger partial charge in [-0.1, -0.05) is 291 Å². The summed E-state index contributed by atoms with van der Waals surface area (Å²) in [5.74, 6) is 0. The molecule has 0 fully saturated rings. The molecule has 398 valence electrons.